The minimum Gasteiger partial charge on any atom is -0.465 e. The Morgan fingerprint density at radius 1 is 1.33 bits per heavy atom. The lowest BCUT2D eigenvalue weighted by Gasteiger charge is -2.02. The van der Waals surface area contributed by atoms with E-state index in [4.69, 9.17) is 0 Å². The minimum absolute atomic E-state index is 0.132. The van der Waals surface area contributed by atoms with Crippen LogP contribution in [0.3, 0.4) is 0 Å². The molecule has 0 aliphatic rings. The molecule has 0 aliphatic heterocycles. The van der Waals surface area contributed by atoms with Gasteiger partial charge in [0.15, 0.2) is 5.78 Å². The summed E-state index contributed by atoms with van der Waals surface area (Å²) in [7, 11) is 1.26. The predicted octanol–water partition coefficient (Wildman–Crippen LogP) is 1.33. The molecule has 0 aliphatic carbocycles. The van der Waals surface area contributed by atoms with Gasteiger partial charge in [0.05, 0.1) is 12.7 Å². The van der Waals surface area contributed by atoms with Gasteiger partial charge in [0.25, 0.3) is 0 Å². The van der Waals surface area contributed by atoms with Gasteiger partial charge in [0.1, 0.15) is 0 Å². The third-order valence-corrected chi connectivity index (χ3v) is 1.28. The first-order valence-electron chi connectivity index (χ1n) is 3.80. The van der Waals surface area contributed by atoms with Crippen molar-refractivity contribution in [2.24, 2.45) is 5.92 Å². The number of esters is 1. The van der Waals surface area contributed by atoms with Gasteiger partial charge in [0.2, 0.25) is 0 Å². The van der Waals surface area contributed by atoms with Crippen LogP contribution in [0.25, 0.3) is 0 Å². The SMILES string of the molecule is COC(=O)/C(=C/C(C)C)C(C)=O. The Kier molecular flexibility index (Phi) is 4.26. The fraction of sp³-hybridized carbons (Fsp3) is 0.556. The van der Waals surface area contributed by atoms with Crippen LogP contribution in [0.5, 0.6) is 0 Å². The molecule has 0 bridgehead atoms. The maximum Gasteiger partial charge on any atom is 0.341 e. The fourth-order valence-electron chi connectivity index (χ4n) is 0.772. The molecule has 0 rings (SSSR count). The summed E-state index contributed by atoms with van der Waals surface area (Å²) in [6, 6.07) is 0. The van der Waals surface area contributed by atoms with Gasteiger partial charge in [-0.25, -0.2) is 4.79 Å². The quantitative estimate of drug-likeness (QED) is 0.278. The highest BCUT2D eigenvalue weighted by Gasteiger charge is 2.14. The summed E-state index contributed by atoms with van der Waals surface area (Å²) in [5.74, 6) is -0.644. The van der Waals surface area contributed by atoms with E-state index in [2.05, 4.69) is 4.74 Å². The molecule has 0 unspecified atom stereocenters. The Bertz CT molecular complexity index is 214. The number of hydrogen-bond acceptors (Lipinski definition) is 3. The molecule has 0 fully saturated rings. The van der Waals surface area contributed by atoms with Gasteiger partial charge < -0.3 is 4.74 Å². The van der Waals surface area contributed by atoms with Gasteiger partial charge in [-0.15, -0.1) is 0 Å². The standard InChI is InChI=1S/C9H14O3/c1-6(2)5-8(7(3)10)9(11)12-4/h5-6H,1-4H3/b8-5+. The van der Waals surface area contributed by atoms with Gasteiger partial charge in [-0.2, -0.15) is 0 Å². The van der Waals surface area contributed by atoms with Gasteiger partial charge in [-0.1, -0.05) is 19.9 Å². The van der Waals surface area contributed by atoms with Crippen LogP contribution in [0.1, 0.15) is 20.8 Å². The number of carbonyl (C=O) groups excluding carboxylic acids is 2. The first-order valence-corrected chi connectivity index (χ1v) is 3.80. The van der Waals surface area contributed by atoms with Gasteiger partial charge in [-0.3, -0.25) is 4.79 Å². The maximum absolute atomic E-state index is 11.0. The van der Waals surface area contributed by atoms with E-state index >= 15 is 0 Å². The second kappa shape index (κ2) is 4.70. The molecule has 3 nitrogen and oxygen atoms in total. The lowest BCUT2D eigenvalue weighted by Crippen LogP contribution is -2.12. The zero-order chi connectivity index (χ0) is 9.72. The summed E-state index contributed by atoms with van der Waals surface area (Å²) in [6.07, 6.45) is 1.61. The molecule has 12 heavy (non-hydrogen) atoms. The molecular formula is C9H14O3. The second-order valence-electron chi connectivity index (χ2n) is 2.87. The first-order chi connectivity index (χ1) is 5.49. The minimum atomic E-state index is -0.559. The van der Waals surface area contributed by atoms with E-state index in [-0.39, 0.29) is 17.3 Å². The van der Waals surface area contributed by atoms with E-state index < -0.39 is 5.97 Å². The van der Waals surface area contributed by atoms with Crippen LogP contribution < -0.4 is 0 Å². The average molecular weight is 170 g/mol. The van der Waals surface area contributed by atoms with Crippen LogP contribution in [-0.2, 0) is 14.3 Å². The molecule has 0 atom stereocenters. The van der Waals surface area contributed by atoms with Gasteiger partial charge in [-0.05, 0) is 12.8 Å². The van der Waals surface area contributed by atoms with Crippen LogP contribution in [0.15, 0.2) is 11.6 Å². The molecule has 0 spiro atoms. The van der Waals surface area contributed by atoms with Gasteiger partial charge >= 0.3 is 5.97 Å². The molecule has 68 valence electrons. The maximum atomic E-state index is 11.0. The monoisotopic (exact) mass is 170 g/mol. The second-order valence-corrected chi connectivity index (χ2v) is 2.87. The molecule has 0 aromatic rings. The van der Waals surface area contributed by atoms with Crippen molar-refractivity contribution >= 4 is 11.8 Å². The van der Waals surface area contributed by atoms with Gasteiger partial charge in [0, 0.05) is 0 Å². The lowest BCUT2D eigenvalue weighted by atomic mass is 10.1. The molecule has 0 saturated heterocycles. The number of hydrogen-bond donors (Lipinski definition) is 0. The van der Waals surface area contributed by atoms with E-state index in [1.165, 1.54) is 14.0 Å². The molecular weight excluding hydrogens is 156 g/mol. The average Bonchev–Trinajstić information content (AvgIpc) is 1.98. The third kappa shape index (κ3) is 3.32. The smallest absolute Gasteiger partial charge is 0.341 e. The largest absolute Gasteiger partial charge is 0.465 e. The van der Waals surface area contributed by atoms with Crippen LogP contribution in [-0.4, -0.2) is 18.9 Å². The Hall–Kier alpha value is -1.12. The molecule has 0 radical (unpaired) electrons. The van der Waals surface area contributed by atoms with Crippen molar-refractivity contribution in [2.45, 2.75) is 20.8 Å². The highest BCUT2D eigenvalue weighted by molar-refractivity contribution is 6.16. The van der Waals surface area contributed by atoms with E-state index in [1.54, 1.807) is 6.08 Å². The molecule has 0 N–H and O–H groups in total. The fourth-order valence-corrected chi connectivity index (χ4v) is 0.772. The van der Waals surface area contributed by atoms with Crippen LogP contribution in [0.2, 0.25) is 0 Å². The summed E-state index contributed by atoms with van der Waals surface area (Å²) in [5, 5.41) is 0. The summed E-state index contributed by atoms with van der Waals surface area (Å²) < 4.78 is 4.45. The van der Waals surface area contributed by atoms with E-state index in [1.807, 2.05) is 13.8 Å². The zero-order valence-corrected chi connectivity index (χ0v) is 7.88. The summed E-state index contributed by atoms with van der Waals surface area (Å²) in [5.41, 5.74) is 0.132. The Morgan fingerprint density at radius 2 is 1.83 bits per heavy atom. The number of Topliss-reactive ketones (excluding diaryl/α,β-unsaturated/α-hetero) is 1. The number of methoxy groups -OCH3 is 1. The summed E-state index contributed by atoms with van der Waals surface area (Å²) in [4.78, 5) is 21.9. The van der Waals surface area contributed by atoms with Crippen LogP contribution >= 0.6 is 0 Å². The van der Waals surface area contributed by atoms with Crippen molar-refractivity contribution in [2.75, 3.05) is 7.11 Å². The third-order valence-electron chi connectivity index (χ3n) is 1.28. The Labute approximate surface area is 72.4 Å². The Morgan fingerprint density at radius 3 is 2.08 bits per heavy atom. The van der Waals surface area contributed by atoms with Crippen molar-refractivity contribution in [3.63, 3.8) is 0 Å². The number of rotatable bonds is 3. The van der Waals surface area contributed by atoms with E-state index in [0.717, 1.165) is 0 Å². The van der Waals surface area contributed by atoms with Crippen LogP contribution in [0, 0.1) is 5.92 Å². The molecule has 0 heterocycles. The topological polar surface area (TPSA) is 43.4 Å². The highest BCUT2D eigenvalue weighted by atomic mass is 16.5. The molecule has 0 aromatic heterocycles. The normalized spacial score (nSPS) is 11.6. The van der Waals surface area contributed by atoms with Crippen molar-refractivity contribution < 1.29 is 14.3 Å². The van der Waals surface area contributed by atoms with Crippen molar-refractivity contribution in [1.29, 1.82) is 0 Å². The van der Waals surface area contributed by atoms with Crippen molar-refractivity contribution in [3.8, 4) is 0 Å². The number of carbonyl (C=O) groups is 2. The number of ketones is 1. The molecule has 0 saturated carbocycles. The summed E-state index contributed by atoms with van der Waals surface area (Å²) in [6.45, 7) is 5.14. The lowest BCUT2D eigenvalue weighted by molar-refractivity contribution is -0.137. The number of ether oxygens (including phenoxy) is 1. The molecule has 0 amide bonds. The molecule has 3 heteroatoms. The highest BCUT2D eigenvalue weighted by Crippen LogP contribution is 2.05. The van der Waals surface area contributed by atoms with Crippen LogP contribution in [0.4, 0.5) is 0 Å². The predicted molar refractivity (Wildman–Crippen MR) is 45.6 cm³/mol. The summed E-state index contributed by atoms with van der Waals surface area (Å²) >= 11 is 0. The number of allylic oxidation sites excluding steroid dienone is 1. The Balaban J connectivity index is 4.67. The van der Waals surface area contributed by atoms with Crippen molar-refractivity contribution in [3.05, 3.63) is 11.6 Å². The first kappa shape index (κ1) is 10.9. The van der Waals surface area contributed by atoms with Crippen molar-refractivity contribution in [1.82, 2.24) is 0 Å². The molecule has 0 aromatic carbocycles. The zero-order valence-electron chi connectivity index (χ0n) is 7.88. The van der Waals surface area contributed by atoms with E-state index in [9.17, 15) is 9.59 Å². The van der Waals surface area contributed by atoms with E-state index in [0.29, 0.717) is 0 Å².